The molecule has 0 unspecified atom stereocenters. The zero-order chi connectivity index (χ0) is 26.6. The van der Waals surface area contributed by atoms with Gasteiger partial charge in [-0.3, -0.25) is 0 Å². The molecule has 190 valence electrons. The maximum atomic E-state index is 10.6. The van der Waals surface area contributed by atoms with Crippen LogP contribution in [0.4, 0.5) is 0 Å². The summed E-state index contributed by atoms with van der Waals surface area (Å²) in [6, 6.07) is 35.0. The topological polar surface area (TPSA) is 80.9 Å². The van der Waals surface area contributed by atoms with Crippen molar-refractivity contribution in [3.8, 4) is 56.4 Å². The standard InChI is InChI=1S/C34H30O4/c1-2-8-29-30(32(36)34(38)33(37)31(29)35)25-17-15-24(16-18-25)27-13-7-14-28(21-27)26-12-6-11-23(20-26)19-22-9-4-3-5-10-22/h3-7,9-18,20-21,35-38H,2,8,19H2,1H3. The lowest BCUT2D eigenvalue weighted by molar-refractivity contribution is 0.344. The second-order valence-corrected chi connectivity index (χ2v) is 9.52. The van der Waals surface area contributed by atoms with Crippen molar-refractivity contribution in [1.82, 2.24) is 0 Å². The Labute approximate surface area is 222 Å². The highest BCUT2D eigenvalue weighted by molar-refractivity contribution is 5.84. The Morgan fingerprint density at radius 3 is 1.71 bits per heavy atom. The van der Waals surface area contributed by atoms with E-state index in [0.29, 0.717) is 29.5 Å². The molecule has 4 nitrogen and oxygen atoms in total. The second kappa shape index (κ2) is 10.7. The van der Waals surface area contributed by atoms with Crippen LogP contribution in [0.3, 0.4) is 0 Å². The summed E-state index contributed by atoms with van der Waals surface area (Å²) < 4.78 is 0. The van der Waals surface area contributed by atoms with E-state index >= 15 is 0 Å². The molecule has 0 saturated carbocycles. The van der Waals surface area contributed by atoms with E-state index in [1.807, 2.05) is 43.3 Å². The normalized spacial score (nSPS) is 11.0. The van der Waals surface area contributed by atoms with Crippen LogP contribution in [0, 0.1) is 0 Å². The third kappa shape index (κ3) is 4.94. The number of aromatic hydroxyl groups is 4. The van der Waals surface area contributed by atoms with Gasteiger partial charge in [0, 0.05) is 11.1 Å². The van der Waals surface area contributed by atoms with E-state index < -0.39 is 23.0 Å². The van der Waals surface area contributed by atoms with Gasteiger partial charge in [0.05, 0.1) is 0 Å². The van der Waals surface area contributed by atoms with Crippen LogP contribution in [0.1, 0.15) is 30.0 Å². The lowest BCUT2D eigenvalue weighted by Gasteiger charge is -2.16. The van der Waals surface area contributed by atoms with Gasteiger partial charge in [-0.2, -0.15) is 0 Å². The van der Waals surface area contributed by atoms with Gasteiger partial charge < -0.3 is 20.4 Å². The number of benzene rings is 5. The van der Waals surface area contributed by atoms with E-state index in [2.05, 4.69) is 66.7 Å². The van der Waals surface area contributed by atoms with Gasteiger partial charge >= 0.3 is 0 Å². The van der Waals surface area contributed by atoms with Crippen LogP contribution in [0.15, 0.2) is 103 Å². The lowest BCUT2D eigenvalue weighted by atomic mass is 9.92. The van der Waals surface area contributed by atoms with Crippen LogP contribution >= 0.6 is 0 Å². The monoisotopic (exact) mass is 502 g/mol. The minimum Gasteiger partial charge on any atom is -0.504 e. The van der Waals surface area contributed by atoms with Gasteiger partial charge in [-0.15, -0.1) is 0 Å². The fourth-order valence-corrected chi connectivity index (χ4v) is 4.95. The van der Waals surface area contributed by atoms with Gasteiger partial charge in [-0.05, 0) is 57.9 Å². The Bertz CT molecular complexity index is 1570. The molecule has 0 aromatic heterocycles. The van der Waals surface area contributed by atoms with Crippen molar-refractivity contribution in [1.29, 1.82) is 0 Å². The van der Waals surface area contributed by atoms with Crippen molar-refractivity contribution in [2.75, 3.05) is 0 Å². The maximum absolute atomic E-state index is 10.6. The summed E-state index contributed by atoms with van der Waals surface area (Å²) in [5, 5.41) is 41.2. The van der Waals surface area contributed by atoms with Gasteiger partial charge in [-0.25, -0.2) is 0 Å². The molecule has 0 bridgehead atoms. The minimum absolute atomic E-state index is 0.329. The molecule has 5 aromatic rings. The number of rotatable bonds is 7. The third-order valence-electron chi connectivity index (χ3n) is 6.88. The van der Waals surface area contributed by atoms with Crippen molar-refractivity contribution in [2.24, 2.45) is 0 Å². The summed E-state index contributed by atoms with van der Waals surface area (Å²) in [4.78, 5) is 0. The molecule has 0 fully saturated rings. The Morgan fingerprint density at radius 1 is 0.474 bits per heavy atom. The predicted molar refractivity (Wildman–Crippen MR) is 153 cm³/mol. The predicted octanol–water partition coefficient (Wildman–Crippen LogP) is 8.05. The molecule has 0 spiro atoms. The highest BCUT2D eigenvalue weighted by atomic mass is 16.3. The SMILES string of the molecule is CCCc1c(O)c(O)c(O)c(O)c1-c1ccc(-c2cccc(-c3cccc(Cc4ccccc4)c3)c2)cc1. The van der Waals surface area contributed by atoms with Crippen molar-refractivity contribution >= 4 is 0 Å². The van der Waals surface area contributed by atoms with Crippen molar-refractivity contribution in [2.45, 2.75) is 26.2 Å². The van der Waals surface area contributed by atoms with Crippen LogP contribution in [-0.4, -0.2) is 20.4 Å². The molecule has 4 N–H and O–H groups in total. The zero-order valence-electron chi connectivity index (χ0n) is 21.2. The summed E-state index contributed by atoms with van der Waals surface area (Å²) in [6.07, 6.45) is 2.02. The highest BCUT2D eigenvalue weighted by Gasteiger charge is 2.23. The molecule has 5 aromatic carbocycles. The lowest BCUT2D eigenvalue weighted by Crippen LogP contribution is -1.93. The molecular formula is C34H30O4. The first-order valence-electron chi connectivity index (χ1n) is 12.8. The summed E-state index contributed by atoms with van der Waals surface area (Å²) >= 11 is 0. The molecule has 0 aliphatic heterocycles. The number of hydrogen-bond donors (Lipinski definition) is 4. The van der Waals surface area contributed by atoms with Crippen molar-refractivity contribution < 1.29 is 20.4 Å². The molecule has 38 heavy (non-hydrogen) atoms. The first kappa shape index (κ1) is 25.0. The van der Waals surface area contributed by atoms with Crippen LogP contribution in [0.2, 0.25) is 0 Å². The first-order chi connectivity index (χ1) is 18.5. The maximum Gasteiger partial charge on any atom is 0.204 e. The zero-order valence-corrected chi connectivity index (χ0v) is 21.2. The van der Waals surface area contributed by atoms with Crippen LogP contribution in [0.5, 0.6) is 23.0 Å². The van der Waals surface area contributed by atoms with Gasteiger partial charge in [0.2, 0.25) is 11.5 Å². The molecule has 0 aliphatic carbocycles. The average Bonchev–Trinajstić information content (AvgIpc) is 2.96. The van der Waals surface area contributed by atoms with Gasteiger partial charge in [0.15, 0.2) is 11.5 Å². The van der Waals surface area contributed by atoms with Crippen molar-refractivity contribution in [3.63, 3.8) is 0 Å². The highest BCUT2D eigenvalue weighted by Crippen LogP contribution is 2.51. The summed E-state index contributed by atoms with van der Waals surface area (Å²) in [7, 11) is 0. The number of phenolic OH excluding ortho intramolecular Hbond substituents is 4. The largest absolute Gasteiger partial charge is 0.504 e. The minimum atomic E-state index is -0.719. The molecular weight excluding hydrogens is 472 g/mol. The Hall–Kier alpha value is -4.70. The van der Waals surface area contributed by atoms with E-state index in [1.165, 1.54) is 11.1 Å². The van der Waals surface area contributed by atoms with E-state index in [1.54, 1.807) is 0 Å². The molecule has 0 heterocycles. The molecule has 5 rings (SSSR count). The summed E-state index contributed by atoms with van der Waals surface area (Å²) in [5.41, 5.74) is 8.25. The van der Waals surface area contributed by atoms with Crippen molar-refractivity contribution in [3.05, 3.63) is 120 Å². The first-order valence-corrected chi connectivity index (χ1v) is 12.8. The van der Waals surface area contributed by atoms with Crippen LogP contribution < -0.4 is 0 Å². The van der Waals surface area contributed by atoms with Gasteiger partial charge in [0.1, 0.15) is 0 Å². The van der Waals surface area contributed by atoms with Crippen LogP contribution in [-0.2, 0) is 12.8 Å². The third-order valence-corrected chi connectivity index (χ3v) is 6.88. The fraction of sp³-hybridized carbons (Fsp3) is 0.118. The Balaban J connectivity index is 1.46. The van der Waals surface area contributed by atoms with E-state index in [-0.39, 0.29) is 0 Å². The Kier molecular flexibility index (Phi) is 7.05. The van der Waals surface area contributed by atoms with E-state index in [4.69, 9.17) is 0 Å². The molecule has 0 radical (unpaired) electrons. The number of phenols is 4. The molecule has 0 atom stereocenters. The average molecular weight is 503 g/mol. The number of hydrogen-bond acceptors (Lipinski definition) is 4. The summed E-state index contributed by atoms with van der Waals surface area (Å²) in [6.45, 7) is 1.94. The molecule has 0 saturated heterocycles. The molecule has 0 aliphatic rings. The van der Waals surface area contributed by atoms with E-state index in [0.717, 1.165) is 28.7 Å². The van der Waals surface area contributed by atoms with Crippen LogP contribution in [0.25, 0.3) is 33.4 Å². The van der Waals surface area contributed by atoms with Gasteiger partial charge in [-0.1, -0.05) is 110 Å². The Morgan fingerprint density at radius 2 is 1.03 bits per heavy atom. The molecule has 0 amide bonds. The van der Waals surface area contributed by atoms with Gasteiger partial charge in [0.25, 0.3) is 0 Å². The second-order valence-electron chi connectivity index (χ2n) is 9.52. The summed E-state index contributed by atoms with van der Waals surface area (Å²) in [5.74, 6) is -2.25. The fourth-order valence-electron chi connectivity index (χ4n) is 4.95. The smallest absolute Gasteiger partial charge is 0.204 e. The van der Waals surface area contributed by atoms with E-state index in [9.17, 15) is 20.4 Å². The quantitative estimate of drug-likeness (QED) is 0.134. The molecule has 4 heteroatoms.